The van der Waals surface area contributed by atoms with E-state index in [0.29, 0.717) is 17.3 Å². The van der Waals surface area contributed by atoms with Gasteiger partial charge < -0.3 is 4.74 Å². The third kappa shape index (κ3) is 4.98. The molecule has 0 fully saturated rings. The molecule has 0 aliphatic rings. The molecule has 1 heterocycles. The molecule has 0 unspecified atom stereocenters. The first kappa shape index (κ1) is 20.1. The molecule has 0 aliphatic heterocycles. The Balaban J connectivity index is 1.69. The third-order valence-electron chi connectivity index (χ3n) is 4.37. The molecule has 1 N–H and O–H groups in total. The largest absolute Gasteiger partial charge is 0.494 e. The lowest BCUT2D eigenvalue weighted by Gasteiger charge is -2.06. The predicted octanol–water partition coefficient (Wildman–Crippen LogP) is 6.11. The number of rotatable bonds is 8. The number of carbonyl (C=O) groups excluding carboxylic acids is 1. The van der Waals surface area contributed by atoms with Gasteiger partial charge in [0.25, 0.3) is 5.91 Å². The molecule has 0 spiro atoms. The summed E-state index contributed by atoms with van der Waals surface area (Å²) in [6, 6.07) is 15.7. The first-order valence-electron chi connectivity index (χ1n) is 9.71. The number of thiazole rings is 1. The Kier molecular flexibility index (Phi) is 6.82. The van der Waals surface area contributed by atoms with Crippen LogP contribution in [0.15, 0.2) is 48.5 Å². The van der Waals surface area contributed by atoms with Gasteiger partial charge in [0.2, 0.25) is 0 Å². The van der Waals surface area contributed by atoms with Crippen molar-refractivity contribution in [2.45, 2.75) is 40.0 Å². The zero-order valence-electron chi connectivity index (χ0n) is 16.6. The van der Waals surface area contributed by atoms with Gasteiger partial charge in [0.05, 0.1) is 12.3 Å². The smallest absolute Gasteiger partial charge is 0.257 e. The second-order valence-corrected chi connectivity index (χ2v) is 7.90. The van der Waals surface area contributed by atoms with Crippen molar-refractivity contribution in [1.82, 2.24) is 4.98 Å². The molecule has 1 aromatic heterocycles. The van der Waals surface area contributed by atoms with Crippen LogP contribution in [0.25, 0.3) is 11.3 Å². The second kappa shape index (κ2) is 9.51. The summed E-state index contributed by atoms with van der Waals surface area (Å²) in [6.45, 7) is 6.94. The number of hydrogen-bond donors (Lipinski definition) is 1. The van der Waals surface area contributed by atoms with Gasteiger partial charge >= 0.3 is 0 Å². The maximum atomic E-state index is 12.5. The second-order valence-electron chi connectivity index (χ2n) is 6.70. The van der Waals surface area contributed by atoms with Crippen LogP contribution in [-0.4, -0.2) is 17.5 Å². The lowest BCUT2D eigenvalue weighted by Crippen LogP contribution is -2.11. The summed E-state index contributed by atoms with van der Waals surface area (Å²) in [7, 11) is 0. The molecule has 0 atom stereocenters. The molecule has 0 aliphatic carbocycles. The fraction of sp³-hybridized carbons (Fsp3) is 0.304. The molecular weight excluding hydrogens is 368 g/mol. The number of benzene rings is 2. The summed E-state index contributed by atoms with van der Waals surface area (Å²) in [5.74, 6) is 0.609. The van der Waals surface area contributed by atoms with Crippen LogP contribution >= 0.6 is 11.3 Å². The van der Waals surface area contributed by atoms with E-state index >= 15 is 0 Å². The van der Waals surface area contributed by atoms with Crippen LogP contribution in [0.4, 0.5) is 5.13 Å². The van der Waals surface area contributed by atoms with Gasteiger partial charge in [-0.15, -0.1) is 11.3 Å². The number of hydrogen-bond acceptors (Lipinski definition) is 4. The Morgan fingerprint density at radius 1 is 1.04 bits per heavy atom. The van der Waals surface area contributed by atoms with Crippen LogP contribution in [-0.2, 0) is 6.42 Å². The zero-order valence-corrected chi connectivity index (χ0v) is 17.4. The minimum Gasteiger partial charge on any atom is -0.494 e. The number of anilines is 1. The van der Waals surface area contributed by atoms with E-state index in [4.69, 9.17) is 4.74 Å². The quantitative estimate of drug-likeness (QED) is 0.501. The first-order valence-corrected chi connectivity index (χ1v) is 10.5. The van der Waals surface area contributed by atoms with Gasteiger partial charge in [-0.05, 0) is 49.6 Å². The molecule has 0 radical (unpaired) electrons. The van der Waals surface area contributed by atoms with Gasteiger partial charge in [0.1, 0.15) is 5.75 Å². The van der Waals surface area contributed by atoms with E-state index in [2.05, 4.69) is 48.4 Å². The Bertz CT molecular complexity index is 915. The lowest BCUT2D eigenvalue weighted by molar-refractivity contribution is 0.102. The molecule has 3 aromatic rings. The maximum Gasteiger partial charge on any atom is 0.257 e. The van der Waals surface area contributed by atoms with Crippen molar-refractivity contribution in [1.29, 1.82) is 0 Å². The van der Waals surface area contributed by atoms with E-state index in [1.807, 2.05) is 19.1 Å². The van der Waals surface area contributed by atoms with Gasteiger partial charge in [-0.3, -0.25) is 10.1 Å². The zero-order chi connectivity index (χ0) is 19.9. The van der Waals surface area contributed by atoms with Crippen LogP contribution in [0.1, 0.15) is 47.5 Å². The summed E-state index contributed by atoms with van der Waals surface area (Å²) in [4.78, 5) is 18.3. The highest BCUT2D eigenvalue weighted by Crippen LogP contribution is 2.31. The lowest BCUT2D eigenvalue weighted by atomic mass is 10.1. The molecule has 3 rings (SSSR count). The molecular formula is C23H26N2O2S. The number of aryl methyl sites for hydroxylation is 2. The van der Waals surface area contributed by atoms with E-state index < -0.39 is 0 Å². The minimum atomic E-state index is -0.166. The van der Waals surface area contributed by atoms with Crippen LogP contribution < -0.4 is 10.1 Å². The van der Waals surface area contributed by atoms with E-state index in [0.717, 1.165) is 41.1 Å². The fourth-order valence-electron chi connectivity index (χ4n) is 2.93. The molecule has 2 aromatic carbocycles. The number of aromatic nitrogens is 1. The Morgan fingerprint density at radius 2 is 1.75 bits per heavy atom. The van der Waals surface area contributed by atoms with Crippen LogP contribution in [0.2, 0.25) is 0 Å². The van der Waals surface area contributed by atoms with Crippen molar-refractivity contribution >= 4 is 22.4 Å². The van der Waals surface area contributed by atoms with Crippen LogP contribution in [0.5, 0.6) is 5.75 Å². The van der Waals surface area contributed by atoms with Crippen molar-refractivity contribution in [2.24, 2.45) is 0 Å². The summed E-state index contributed by atoms with van der Waals surface area (Å²) >= 11 is 1.49. The molecule has 1 amide bonds. The highest BCUT2D eigenvalue weighted by atomic mass is 32.1. The van der Waals surface area contributed by atoms with Gasteiger partial charge in [0.15, 0.2) is 5.13 Å². The number of nitrogens with zero attached hydrogens (tertiary/aromatic N) is 1. The molecule has 146 valence electrons. The fourth-order valence-corrected chi connectivity index (χ4v) is 3.76. The number of nitrogens with one attached hydrogen (secondary N) is 1. The van der Waals surface area contributed by atoms with Crippen molar-refractivity contribution in [2.75, 3.05) is 11.9 Å². The summed E-state index contributed by atoms with van der Waals surface area (Å²) in [6.07, 6.45) is 3.17. The maximum absolute atomic E-state index is 12.5. The number of carbonyl (C=O) groups is 1. The topological polar surface area (TPSA) is 51.2 Å². The van der Waals surface area contributed by atoms with Gasteiger partial charge in [-0.2, -0.15) is 0 Å². The van der Waals surface area contributed by atoms with Crippen molar-refractivity contribution in [3.05, 3.63) is 64.5 Å². The summed E-state index contributed by atoms with van der Waals surface area (Å²) in [5, 5.41) is 3.52. The molecule has 0 saturated carbocycles. The normalized spacial score (nSPS) is 10.7. The van der Waals surface area contributed by atoms with Crippen molar-refractivity contribution in [3.63, 3.8) is 0 Å². The minimum absolute atomic E-state index is 0.166. The van der Waals surface area contributed by atoms with E-state index in [9.17, 15) is 4.79 Å². The number of amides is 1. The highest BCUT2D eigenvalue weighted by Gasteiger charge is 2.13. The number of ether oxygens (including phenoxy) is 1. The van der Waals surface area contributed by atoms with Gasteiger partial charge in [-0.1, -0.05) is 44.5 Å². The average molecular weight is 395 g/mol. The van der Waals surface area contributed by atoms with Crippen LogP contribution in [0, 0.1) is 6.92 Å². The van der Waals surface area contributed by atoms with E-state index in [1.54, 1.807) is 12.1 Å². The third-order valence-corrected chi connectivity index (χ3v) is 5.26. The molecule has 4 nitrogen and oxygen atoms in total. The predicted molar refractivity (Wildman–Crippen MR) is 116 cm³/mol. The summed E-state index contributed by atoms with van der Waals surface area (Å²) < 4.78 is 5.56. The highest BCUT2D eigenvalue weighted by molar-refractivity contribution is 7.16. The van der Waals surface area contributed by atoms with Crippen molar-refractivity contribution in [3.8, 4) is 17.0 Å². The Hall–Kier alpha value is -2.66. The average Bonchev–Trinajstić information content (AvgIpc) is 3.07. The first-order chi connectivity index (χ1) is 13.6. The SMILES string of the molecule is CCCOc1ccc(C(=O)Nc2nc(-c3ccc(CCC)cc3)c(C)s2)cc1. The molecule has 28 heavy (non-hydrogen) atoms. The molecule has 0 saturated heterocycles. The van der Waals surface area contributed by atoms with Crippen LogP contribution in [0.3, 0.4) is 0 Å². The van der Waals surface area contributed by atoms with E-state index in [-0.39, 0.29) is 5.91 Å². The Labute approximate surface area is 170 Å². The standard InChI is InChI=1S/C23H26N2O2S/c1-4-6-17-7-9-18(10-8-17)21-16(3)28-23(24-21)25-22(26)19-11-13-20(14-12-19)27-15-5-2/h7-14H,4-6,15H2,1-3H3,(H,24,25,26). The summed E-state index contributed by atoms with van der Waals surface area (Å²) in [5.41, 5.74) is 3.92. The van der Waals surface area contributed by atoms with Gasteiger partial charge in [0, 0.05) is 16.0 Å². The van der Waals surface area contributed by atoms with E-state index in [1.165, 1.54) is 16.9 Å². The van der Waals surface area contributed by atoms with Gasteiger partial charge in [-0.25, -0.2) is 4.98 Å². The molecule has 5 heteroatoms. The monoisotopic (exact) mass is 394 g/mol. The van der Waals surface area contributed by atoms with Crippen molar-refractivity contribution < 1.29 is 9.53 Å². The molecule has 0 bridgehead atoms. The Morgan fingerprint density at radius 3 is 2.39 bits per heavy atom.